The molecule has 1 atom stereocenters. The van der Waals surface area contributed by atoms with Crippen molar-refractivity contribution in [3.05, 3.63) is 60.2 Å². The summed E-state index contributed by atoms with van der Waals surface area (Å²) in [5.74, 6) is -1.16. The number of urea groups is 1. The van der Waals surface area contributed by atoms with Crippen molar-refractivity contribution in [2.75, 3.05) is 27.7 Å². The number of unbranched alkanes of at least 4 members (excludes halogenated alkanes) is 4. The second kappa shape index (κ2) is 16.7. The van der Waals surface area contributed by atoms with Crippen LogP contribution in [0.1, 0.15) is 51.0 Å². The van der Waals surface area contributed by atoms with Crippen molar-refractivity contribution in [1.29, 1.82) is 0 Å². The Balaban J connectivity index is 0.00000125. The molecule has 6 nitrogen and oxygen atoms in total. The van der Waals surface area contributed by atoms with E-state index >= 15 is 0 Å². The highest BCUT2D eigenvalue weighted by Gasteiger charge is 2.06. The number of aryl methyl sites for hydroxylation is 1. The Morgan fingerprint density at radius 3 is 2.00 bits per heavy atom. The van der Waals surface area contributed by atoms with E-state index in [1.807, 2.05) is 6.07 Å². The summed E-state index contributed by atoms with van der Waals surface area (Å²) in [6.45, 7) is 2.25. The molecule has 2 aromatic rings. The van der Waals surface area contributed by atoms with E-state index in [0.29, 0.717) is 6.54 Å². The first-order valence-electron chi connectivity index (χ1n) is 11.9. The van der Waals surface area contributed by atoms with Gasteiger partial charge in [0, 0.05) is 25.0 Å². The number of hydrogen-bond donors (Lipinski definition) is 3. The minimum Gasteiger partial charge on any atom is -0.550 e. The van der Waals surface area contributed by atoms with Gasteiger partial charge in [-0.25, -0.2) is 4.79 Å². The van der Waals surface area contributed by atoms with Crippen LogP contribution in [0, 0.1) is 0 Å². The molecule has 6 heteroatoms. The van der Waals surface area contributed by atoms with Crippen LogP contribution in [0.5, 0.6) is 0 Å². The summed E-state index contributed by atoms with van der Waals surface area (Å²) in [5, 5.41) is 15.8. The SMILES string of the molecule is C[C@H](CC(=O)[O-])NC(=O)NCCCCCCCc1ccc(-c2ccccc2)cc1.C[NH+](C)C. The van der Waals surface area contributed by atoms with E-state index in [1.54, 1.807) is 6.92 Å². The zero-order chi connectivity index (χ0) is 24.5. The highest BCUT2D eigenvalue weighted by atomic mass is 16.4. The highest BCUT2D eigenvalue weighted by Crippen LogP contribution is 2.20. The molecule has 0 aliphatic carbocycles. The molecule has 0 aliphatic rings. The minimum atomic E-state index is -1.16. The fraction of sp³-hybridized carbons (Fsp3) is 0.481. The van der Waals surface area contributed by atoms with Gasteiger partial charge < -0.3 is 25.4 Å². The Morgan fingerprint density at radius 1 is 0.848 bits per heavy atom. The third-order valence-electron chi connectivity index (χ3n) is 4.84. The number of carbonyl (C=O) groups excluding carboxylic acids is 2. The van der Waals surface area contributed by atoms with Crippen molar-refractivity contribution in [3.8, 4) is 11.1 Å². The Labute approximate surface area is 199 Å². The van der Waals surface area contributed by atoms with Gasteiger partial charge in [-0.3, -0.25) is 0 Å². The fourth-order valence-corrected chi connectivity index (χ4v) is 3.26. The predicted octanol–water partition coefficient (Wildman–Crippen LogP) is 2.44. The van der Waals surface area contributed by atoms with Gasteiger partial charge in [-0.1, -0.05) is 73.9 Å². The molecule has 3 N–H and O–H groups in total. The van der Waals surface area contributed by atoms with Gasteiger partial charge in [0.1, 0.15) is 0 Å². The molecule has 0 fully saturated rings. The maximum Gasteiger partial charge on any atom is 0.315 e. The van der Waals surface area contributed by atoms with Crippen molar-refractivity contribution in [1.82, 2.24) is 10.6 Å². The number of hydrogen-bond acceptors (Lipinski definition) is 3. The first kappa shape index (κ1) is 28.2. The molecule has 0 spiro atoms. The summed E-state index contributed by atoms with van der Waals surface area (Å²) in [7, 11) is 6.25. The second-order valence-electron chi connectivity index (χ2n) is 8.96. The summed E-state index contributed by atoms with van der Waals surface area (Å²) in [5.41, 5.74) is 3.86. The predicted molar refractivity (Wildman–Crippen MR) is 133 cm³/mol. The second-order valence-corrected chi connectivity index (χ2v) is 8.96. The Hall–Kier alpha value is -2.86. The molecule has 182 valence electrons. The van der Waals surface area contributed by atoms with E-state index in [4.69, 9.17) is 0 Å². The van der Waals surface area contributed by atoms with E-state index < -0.39 is 12.0 Å². The lowest BCUT2D eigenvalue weighted by molar-refractivity contribution is -0.836. The number of quaternary nitrogens is 1. The molecule has 0 unspecified atom stereocenters. The van der Waals surface area contributed by atoms with E-state index in [2.05, 4.69) is 80.3 Å². The van der Waals surface area contributed by atoms with Gasteiger partial charge >= 0.3 is 6.03 Å². The summed E-state index contributed by atoms with van der Waals surface area (Å²) >= 11 is 0. The van der Waals surface area contributed by atoms with Gasteiger partial charge in [0.2, 0.25) is 0 Å². The van der Waals surface area contributed by atoms with Gasteiger partial charge in [-0.15, -0.1) is 0 Å². The summed E-state index contributed by atoms with van der Waals surface area (Å²) < 4.78 is 0. The minimum absolute atomic E-state index is 0.178. The lowest BCUT2D eigenvalue weighted by Gasteiger charge is -2.14. The van der Waals surface area contributed by atoms with Crippen LogP contribution in [0.4, 0.5) is 4.79 Å². The van der Waals surface area contributed by atoms with Crippen LogP contribution in [0.3, 0.4) is 0 Å². The monoisotopic (exact) mass is 455 g/mol. The highest BCUT2D eigenvalue weighted by molar-refractivity contribution is 5.75. The maximum atomic E-state index is 11.6. The van der Waals surface area contributed by atoms with Crippen molar-refractivity contribution < 1.29 is 19.6 Å². The summed E-state index contributed by atoms with van der Waals surface area (Å²) in [6, 6.07) is 18.5. The quantitative estimate of drug-likeness (QED) is 0.430. The Kier molecular flexibility index (Phi) is 14.3. The van der Waals surface area contributed by atoms with Crippen LogP contribution in [-0.4, -0.2) is 45.7 Å². The molecular weight excluding hydrogens is 414 g/mol. The van der Waals surface area contributed by atoms with E-state index in [0.717, 1.165) is 25.7 Å². The first-order valence-corrected chi connectivity index (χ1v) is 11.9. The number of carboxylic acid groups (broad SMARTS) is 1. The third kappa shape index (κ3) is 14.8. The summed E-state index contributed by atoms with van der Waals surface area (Å²) in [4.78, 5) is 23.5. The van der Waals surface area contributed by atoms with Crippen LogP contribution < -0.4 is 20.6 Å². The molecule has 0 aromatic heterocycles. The van der Waals surface area contributed by atoms with Crippen molar-refractivity contribution in [2.24, 2.45) is 0 Å². The van der Waals surface area contributed by atoms with Crippen LogP contribution in [0.2, 0.25) is 0 Å². The number of amides is 2. The molecule has 0 saturated carbocycles. The number of carboxylic acids is 1. The molecule has 2 amide bonds. The van der Waals surface area contributed by atoms with E-state index in [1.165, 1.54) is 34.4 Å². The lowest BCUT2D eigenvalue weighted by atomic mass is 10.0. The molecule has 0 saturated heterocycles. The standard InChI is InChI=1S/C24H32N2O3.C3H9N/c1-19(18-23(27)28)26-24(29)25-17-9-4-2-3-6-10-20-13-15-22(16-14-20)21-11-7-5-8-12-21;1-4(2)3/h5,7-8,11-16,19H,2-4,6,9-10,17-18H2,1H3,(H,27,28)(H2,25,26,29);1-3H3/t19-;/m1./s1. The van der Waals surface area contributed by atoms with Gasteiger partial charge in [0.05, 0.1) is 21.1 Å². The van der Waals surface area contributed by atoms with Crippen LogP contribution in [0.25, 0.3) is 11.1 Å². The average molecular weight is 456 g/mol. The van der Waals surface area contributed by atoms with Crippen molar-refractivity contribution >= 4 is 12.0 Å². The molecule has 0 heterocycles. The molecule has 0 aliphatic heterocycles. The zero-order valence-electron chi connectivity index (χ0n) is 20.7. The zero-order valence-corrected chi connectivity index (χ0v) is 20.7. The average Bonchev–Trinajstić information content (AvgIpc) is 2.75. The van der Waals surface area contributed by atoms with Crippen LogP contribution in [0.15, 0.2) is 54.6 Å². The smallest absolute Gasteiger partial charge is 0.315 e. The molecule has 2 rings (SSSR count). The molecule has 33 heavy (non-hydrogen) atoms. The van der Waals surface area contributed by atoms with Crippen molar-refractivity contribution in [3.63, 3.8) is 0 Å². The van der Waals surface area contributed by atoms with Crippen molar-refractivity contribution in [2.45, 2.75) is 57.9 Å². The number of nitrogens with one attached hydrogen (secondary N) is 3. The normalized spacial score (nSPS) is 11.3. The van der Waals surface area contributed by atoms with Gasteiger partial charge in [-0.2, -0.15) is 0 Å². The van der Waals surface area contributed by atoms with E-state index in [9.17, 15) is 14.7 Å². The maximum absolute atomic E-state index is 11.6. The van der Waals surface area contributed by atoms with E-state index in [-0.39, 0.29) is 12.5 Å². The number of aliphatic carboxylic acids is 1. The third-order valence-corrected chi connectivity index (χ3v) is 4.84. The lowest BCUT2D eigenvalue weighted by Crippen LogP contribution is -3.02. The molecular formula is C27H41N3O3. The molecule has 2 aromatic carbocycles. The molecule has 0 radical (unpaired) electrons. The number of benzene rings is 2. The van der Waals surface area contributed by atoms with Gasteiger partial charge in [-0.05, 0) is 42.9 Å². The topological polar surface area (TPSA) is 85.7 Å². The Morgan fingerprint density at radius 2 is 1.39 bits per heavy atom. The number of rotatable bonds is 12. The summed E-state index contributed by atoms with van der Waals surface area (Å²) in [6.07, 6.45) is 6.39. The van der Waals surface area contributed by atoms with Crippen LogP contribution >= 0.6 is 0 Å². The number of carbonyl (C=O) groups is 2. The molecule has 0 bridgehead atoms. The fourth-order valence-electron chi connectivity index (χ4n) is 3.26. The first-order chi connectivity index (χ1) is 15.8. The van der Waals surface area contributed by atoms with Gasteiger partial charge in [0.25, 0.3) is 0 Å². The van der Waals surface area contributed by atoms with Crippen LogP contribution in [-0.2, 0) is 11.2 Å². The Bertz CT molecular complexity index is 789. The largest absolute Gasteiger partial charge is 0.550 e. The van der Waals surface area contributed by atoms with Gasteiger partial charge in [0.15, 0.2) is 0 Å².